The molecule has 0 aliphatic rings. The largest absolute Gasteiger partial charge is 0.271 e. The first kappa shape index (κ1) is 14.3. The van der Waals surface area contributed by atoms with Crippen LogP contribution in [0.4, 0.5) is 0 Å². The van der Waals surface area contributed by atoms with Crippen LogP contribution in [0.5, 0.6) is 0 Å². The number of hydrazine groups is 1. The van der Waals surface area contributed by atoms with Gasteiger partial charge in [-0.3, -0.25) is 11.3 Å². The zero-order chi connectivity index (χ0) is 13.9. The SMILES string of the molecule is CC(C)(C)c1ccccc1C(Cc1ccsc1)NN. The number of thiophene rings is 1. The molecule has 0 bridgehead atoms. The third-order valence-electron chi connectivity index (χ3n) is 3.37. The first-order chi connectivity index (χ1) is 9.02. The maximum atomic E-state index is 5.79. The predicted molar refractivity (Wildman–Crippen MR) is 83.2 cm³/mol. The number of nitrogens with one attached hydrogen (secondary N) is 1. The Bertz CT molecular complexity index is 512. The second kappa shape index (κ2) is 5.87. The summed E-state index contributed by atoms with van der Waals surface area (Å²) in [6.07, 6.45) is 0.924. The van der Waals surface area contributed by atoms with Gasteiger partial charge in [0.25, 0.3) is 0 Å². The Balaban J connectivity index is 2.33. The van der Waals surface area contributed by atoms with E-state index in [0.29, 0.717) is 0 Å². The molecule has 0 aliphatic heterocycles. The van der Waals surface area contributed by atoms with Crippen LogP contribution in [-0.2, 0) is 11.8 Å². The second-order valence-corrected chi connectivity index (χ2v) is 6.67. The van der Waals surface area contributed by atoms with E-state index in [-0.39, 0.29) is 11.5 Å². The van der Waals surface area contributed by atoms with E-state index >= 15 is 0 Å². The molecule has 1 aromatic heterocycles. The summed E-state index contributed by atoms with van der Waals surface area (Å²) in [7, 11) is 0. The summed E-state index contributed by atoms with van der Waals surface area (Å²) in [5, 5.41) is 4.29. The molecule has 0 spiro atoms. The maximum absolute atomic E-state index is 5.79. The van der Waals surface area contributed by atoms with Crippen molar-refractivity contribution in [1.29, 1.82) is 0 Å². The lowest BCUT2D eigenvalue weighted by Crippen LogP contribution is -2.31. The van der Waals surface area contributed by atoms with Gasteiger partial charge in [-0.15, -0.1) is 0 Å². The molecule has 2 nitrogen and oxygen atoms in total. The maximum Gasteiger partial charge on any atom is 0.0503 e. The molecule has 0 aliphatic carbocycles. The van der Waals surface area contributed by atoms with Gasteiger partial charge in [-0.2, -0.15) is 11.3 Å². The van der Waals surface area contributed by atoms with E-state index in [1.807, 2.05) is 0 Å². The second-order valence-electron chi connectivity index (χ2n) is 5.89. The molecule has 1 heterocycles. The summed E-state index contributed by atoms with van der Waals surface area (Å²) < 4.78 is 0. The molecule has 0 saturated heterocycles. The van der Waals surface area contributed by atoms with Crippen molar-refractivity contribution in [2.45, 2.75) is 38.6 Å². The molecule has 1 unspecified atom stereocenters. The van der Waals surface area contributed by atoms with Crippen LogP contribution in [0.2, 0.25) is 0 Å². The first-order valence-electron chi connectivity index (χ1n) is 6.59. The van der Waals surface area contributed by atoms with Gasteiger partial charge in [0.2, 0.25) is 0 Å². The lowest BCUT2D eigenvalue weighted by Gasteiger charge is -2.27. The fourth-order valence-electron chi connectivity index (χ4n) is 2.39. The van der Waals surface area contributed by atoms with Crippen molar-refractivity contribution in [3.05, 3.63) is 57.8 Å². The molecule has 3 N–H and O–H groups in total. The predicted octanol–water partition coefficient (Wildman–Crippen LogP) is 3.79. The lowest BCUT2D eigenvalue weighted by molar-refractivity contribution is 0.518. The van der Waals surface area contributed by atoms with Gasteiger partial charge in [-0.1, -0.05) is 45.0 Å². The van der Waals surface area contributed by atoms with Crippen LogP contribution in [0.1, 0.15) is 43.5 Å². The standard InChI is InChI=1S/C16H22N2S/c1-16(2,3)14-7-5-4-6-13(14)15(18-17)10-12-8-9-19-11-12/h4-9,11,15,18H,10,17H2,1-3H3. The Kier molecular flexibility index (Phi) is 4.40. The van der Waals surface area contributed by atoms with E-state index in [1.165, 1.54) is 16.7 Å². The van der Waals surface area contributed by atoms with Crippen LogP contribution in [-0.4, -0.2) is 0 Å². The van der Waals surface area contributed by atoms with Crippen LogP contribution in [0.15, 0.2) is 41.1 Å². The molecule has 1 aromatic carbocycles. The Labute approximate surface area is 119 Å². The number of nitrogens with two attached hydrogens (primary N) is 1. The molecule has 2 rings (SSSR count). The van der Waals surface area contributed by atoms with E-state index in [0.717, 1.165) is 6.42 Å². The highest BCUT2D eigenvalue weighted by Gasteiger charge is 2.22. The summed E-state index contributed by atoms with van der Waals surface area (Å²) in [6.45, 7) is 6.72. The van der Waals surface area contributed by atoms with Gasteiger partial charge in [-0.25, -0.2) is 0 Å². The number of rotatable bonds is 4. The van der Waals surface area contributed by atoms with Crippen LogP contribution in [0, 0.1) is 0 Å². The molecule has 1 atom stereocenters. The van der Waals surface area contributed by atoms with E-state index in [1.54, 1.807) is 11.3 Å². The Hall–Kier alpha value is -1.16. The third kappa shape index (κ3) is 3.44. The number of hydrogen-bond donors (Lipinski definition) is 2. The molecule has 19 heavy (non-hydrogen) atoms. The minimum absolute atomic E-state index is 0.125. The van der Waals surface area contributed by atoms with Gasteiger partial charge in [0.1, 0.15) is 0 Å². The highest BCUT2D eigenvalue weighted by Crippen LogP contribution is 2.31. The van der Waals surface area contributed by atoms with Crippen molar-refractivity contribution in [3.8, 4) is 0 Å². The highest BCUT2D eigenvalue weighted by atomic mass is 32.1. The van der Waals surface area contributed by atoms with Crippen molar-refractivity contribution in [2.75, 3.05) is 0 Å². The molecular weight excluding hydrogens is 252 g/mol. The molecule has 0 radical (unpaired) electrons. The summed E-state index contributed by atoms with van der Waals surface area (Å²) >= 11 is 1.73. The topological polar surface area (TPSA) is 38.0 Å². The van der Waals surface area contributed by atoms with Crippen LogP contribution in [0.3, 0.4) is 0 Å². The summed E-state index contributed by atoms with van der Waals surface area (Å²) in [5.74, 6) is 5.79. The number of benzene rings is 1. The molecule has 0 fully saturated rings. The molecule has 3 heteroatoms. The van der Waals surface area contributed by atoms with Gasteiger partial charge in [0, 0.05) is 0 Å². The summed E-state index contributed by atoms with van der Waals surface area (Å²) in [4.78, 5) is 0. The Morgan fingerprint density at radius 1 is 1.21 bits per heavy atom. The smallest absolute Gasteiger partial charge is 0.0503 e. The first-order valence-corrected chi connectivity index (χ1v) is 7.53. The van der Waals surface area contributed by atoms with Crippen LogP contribution >= 0.6 is 11.3 Å². The molecule has 2 aromatic rings. The van der Waals surface area contributed by atoms with Gasteiger partial charge in [-0.05, 0) is 45.4 Å². The third-order valence-corrected chi connectivity index (χ3v) is 4.10. The van der Waals surface area contributed by atoms with Crippen molar-refractivity contribution in [1.82, 2.24) is 5.43 Å². The molecule has 0 saturated carbocycles. The van der Waals surface area contributed by atoms with E-state index in [2.05, 4.69) is 67.3 Å². The quantitative estimate of drug-likeness (QED) is 0.657. The van der Waals surface area contributed by atoms with E-state index < -0.39 is 0 Å². The Morgan fingerprint density at radius 2 is 1.95 bits per heavy atom. The summed E-state index contributed by atoms with van der Waals surface area (Å²) in [6, 6.07) is 10.9. The highest BCUT2D eigenvalue weighted by molar-refractivity contribution is 7.07. The zero-order valence-electron chi connectivity index (χ0n) is 11.8. The average molecular weight is 274 g/mol. The molecule has 102 valence electrons. The lowest BCUT2D eigenvalue weighted by atomic mass is 9.81. The van der Waals surface area contributed by atoms with E-state index in [4.69, 9.17) is 5.84 Å². The minimum Gasteiger partial charge on any atom is -0.271 e. The Morgan fingerprint density at radius 3 is 2.53 bits per heavy atom. The monoisotopic (exact) mass is 274 g/mol. The van der Waals surface area contributed by atoms with Crippen molar-refractivity contribution in [3.63, 3.8) is 0 Å². The van der Waals surface area contributed by atoms with E-state index in [9.17, 15) is 0 Å². The average Bonchev–Trinajstić information content (AvgIpc) is 2.88. The summed E-state index contributed by atoms with van der Waals surface area (Å²) in [5.41, 5.74) is 7.08. The fourth-order valence-corrected chi connectivity index (χ4v) is 3.07. The van der Waals surface area contributed by atoms with Crippen LogP contribution < -0.4 is 11.3 Å². The van der Waals surface area contributed by atoms with Gasteiger partial charge in [0.05, 0.1) is 6.04 Å². The zero-order valence-corrected chi connectivity index (χ0v) is 12.6. The fraction of sp³-hybridized carbons (Fsp3) is 0.375. The van der Waals surface area contributed by atoms with Crippen molar-refractivity contribution < 1.29 is 0 Å². The van der Waals surface area contributed by atoms with Gasteiger partial charge >= 0.3 is 0 Å². The minimum atomic E-state index is 0.125. The molecule has 0 amide bonds. The normalized spacial score (nSPS) is 13.5. The number of hydrogen-bond acceptors (Lipinski definition) is 3. The van der Waals surface area contributed by atoms with Crippen molar-refractivity contribution in [2.24, 2.45) is 5.84 Å². The molecular formula is C16H22N2S. The van der Waals surface area contributed by atoms with Crippen LogP contribution in [0.25, 0.3) is 0 Å². The van der Waals surface area contributed by atoms with Gasteiger partial charge in [0.15, 0.2) is 0 Å². The van der Waals surface area contributed by atoms with Gasteiger partial charge < -0.3 is 0 Å². The van der Waals surface area contributed by atoms with Crippen molar-refractivity contribution >= 4 is 11.3 Å².